The van der Waals surface area contributed by atoms with E-state index in [1.165, 1.54) is 38.5 Å². The second-order valence-electron chi connectivity index (χ2n) is 7.19. The van der Waals surface area contributed by atoms with Crippen LogP contribution in [0.25, 0.3) is 0 Å². The van der Waals surface area contributed by atoms with E-state index < -0.39 is 0 Å². The minimum atomic E-state index is -0.263. The van der Waals surface area contributed by atoms with Crippen molar-refractivity contribution in [3.05, 3.63) is 0 Å². The second-order valence-corrected chi connectivity index (χ2v) is 7.19. The molecule has 3 unspecified atom stereocenters. The van der Waals surface area contributed by atoms with Crippen molar-refractivity contribution in [1.29, 1.82) is 0 Å². The monoisotopic (exact) mass is 356 g/mol. The average Bonchev–Trinajstić information content (AvgIpc) is 2.62. The molecule has 0 fully saturated rings. The van der Waals surface area contributed by atoms with Gasteiger partial charge in [-0.1, -0.05) is 66.7 Å². The van der Waals surface area contributed by atoms with Gasteiger partial charge in [0.1, 0.15) is 0 Å². The zero-order valence-corrected chi connectivity index (χ0v) is 17.5. The third-order valence-electron chi connectivity index (χ3n) is 5.13. The number of hydrogen-bond acceptors (Lipinski definition) is 3. The largest absolute Gasteiger partial charge is 0.449 e. The highest BCUT2D eigenvalue weighted by atomic mass is 16.5. The van der Waals surface area contributed by atoms with Gasteiger partial charge in [-0.05, 0) is 38.1 Å². The van der Waals surface area contributed by atoms with E-state index in [4.69, 9.17) is 4.74 Å². The Kier molecular flexibility index (Phi) is 16.2. The molecule has 0 saturated heterocycles. The molecule has 4 heteroatoms. The third kappa shape index (κ3) is 11.5. The molecule has 0 bridgehead atoms. The van der Waals surface area contributed by atoms with Gasteiger partial charge in [-0.3, -0.25) is 0 Å². The third-order valence-corrected chi connectivity index (χ3v) is 5.13. The summed E-state index contributed by atoms with van der Waals surface area (Å²) < 4.78 is 5.54. The zero-order chi connectivity index (χ0) is 18.9. The Hall–Kier alpha value is -0.770. The molecule has 0 aromatic carbocycles. The molecule has 0 saturated carbocycles. The Labute approximate surface area is 156 Å². The fourth-order valence-electron chi connectivity index (χ4n) is 3.34. The molecule has 0 aliphatic rings. The van der Waals surface area contributed by atoms with Crippen molar-refractivity contribution in [2.75, 3.05) is 19.7 Å². The van der Waals surface area contributed by atoms with Crippen LogP contribution in [0.2, 0.25) is 0 Å². The van der Waals surface area contributed by atoms with Crippen molar-refractivity contribution in [2.24, 2.45) is 11.8 Å². The summed E-state index contributed by atoms with van der Waals surface area (Å²) in [6.07, 6.45) is 10.2. The molecule has 0 heterocycles. The van der Waals surface area contributed by atoms with Crippen LogP contribution >= 0.6 is 0 Å². The smallest absolute Gasteiger partial charge is 0.407 e. The zero-order valence-electron chi connectivity index (χ0n) is 17.5. The van der Waals surface area contributed by atoms with Gasteiger partial charge in [0.05, 0.1) is 6.61 Å². The predicted molar refractivity (Wildman–Crippen MR) is 108 cm³/mol. The first kappa shape index (κ1) is 24.2. The predicted octanol–water partition coefficient (Wildman–Crippen LogP) is 5.51. The number of carbonyl (C=O) groups is 1. The topological polar surface area (TPSA) is 50.4 Å². The van der Waals surface area contributed by atoms with Crippen LogP contribution in [0.3, 0.4) is 0 Å². The van der Waals surface area contributed by atoms with Crippen LogP contribution in [0.1, 0.15) is 92.4 Å². The van der Waals surface area contributed by atoms with Crippen molar-refractivity contribution in [1.82, 2.24) is 10.6 Å². The van der Waals surface area contributed by atoms with Crippen LogP contribution in [-0.4, -0.2) is 31.8 Å². The van der Waals surface area contributed by atoms with Gasteiger partial charge in [-0.25, -0.2) is 4.79 Å². The van der Waals surface area contributed by atoms with Gasteiger partial charge < -0.3 is 15.4 Å². The quantitative estimate of drug-likeness (QED) is 0.358. The Balaban J connectivity index is 4.68. The van der Waals surface area contributed by atoms with Gasteiger partial charge in [-0.2, -0.15) is 0 Å². The average molecular weight is 357 g/mol. The van der Waals surface area contributed by atoms with E-state index in [9.17, 15) is 4.79 Å². The highest BCUT2D eigenvalue weighted by Crippen LogP contribution is 2.25. The lowest BCUT2D eigenvalue weighted by atomic mass is 9.82. The number of unbranched alkanes of at least 4 members (excludes halogenated alkanes) is 3. The van der Waals surface area contributed by atoms with Gasteiger partial charge >= 0.3 is 6.09 Å². The molecule has 0 aromatic heterocycles. The SMILES string of the molecule is CCCCNC(=O)OCC(CC)C(NCCCC)C(CC)CCCC. The molecular weight excluding hydrogens is 312 g/mol. The van der Waals surface area contributed by atoms with E-state index >= 15 is 0 Å². The highest BCUT2D eigenvalue weighted by molar-refractivity contribution is 5.67. The van der Waals surface area contributed by atoms with E-state index in [-0.39, 0.29) is 6.09 Å². The fourth-order valence-corrected chi connectivity index (χ4v) is 3.34. The molecule has 0 radical (unpaired) electrons. The molecule has 25 heavy (non-hydrogen) atoms. The maximum Gasteiger partial charge on any atom is 0.407 e. The molecule has 0 aromatic rings. The number of ether oxygens (including phenoxy) is 1. The van der Waals surface area contributed by atoms with Crippen molar-refractivity contribution >= 4 is 6.09 Å². The molecule has 0 rings (SSSR count). The van der Waals surface area contributed by atoms with E-state index in [1.54, 1.807) is 0 Å². The van der Waals surface area contributed by atoms with Crippen molar-refractivity contribution in [3.8, 4) is 0 Å². The van der Waals surface area contributed by atoms with Crippen molar-refractivity contribution in [3.63, 3.8) is 0 Å². The summed E-state index contributed by atoms with van der Waals surface area (Å²) in [5, 5.41) is 6.65. The lowest BCUT2D eigenvalue weighted by molar-refractivity contribution is 0.1000. The lowest BCUT2D eigenvalue weighted by Crippen LogP contribution is -2.45. The summed E-state index contributed by atoms with van der Waals surface area (Å²) >= 11 is 0. The summed E-state index contributed by atoms with van der Waals surface area (Å²) in [5.41, 5.74) is 0. The van der Waals surface area contributed by atoms with Crippen LogP contribution in [0, 0.1) is 11.8 Å². The summed E-state index contributed by atoms with van der Waals surface area (Å²) in [5.74, 6) is 1.05. The molecule has 3 atom stereocenters. The Morgan fingerprint density at radius 1 is 0.840 bits per heavy atom. The number of alkyl carbamates (subject to hydrolysis) is 1. The van der Waals surface area contributed by atoms with Crippen LogP contribution < -0.4 is 10.6 Å². The van der Waals surface area contributed by atoms with Crippen molar-refractivity contribution < 1.29 is 9.53 Å². The first-order valence-corrected chi connectivity index (χ1v) is 10.8. The highest BCUT2D eigenvalue weighted by Gasteiger charge is 2.27. The molecular formula is C21H44N2O2. The van der Waals surface area contributed by atoms with E-state index in [0.717, 1.165) is 25.8 Å². The molecule has 0 spiro atoms. The summed E-state index contributed by atoms with van der Waals surface area (Å²) in [6, 6.07) is 0.441. The number of carbonyl (C=O) groups excluding carboxylic acids is 1. The van der Waals surface area contributed by atoms with Gasteiger partial charge in [0.15, 0.2) is 0 Å². The van der Waals surface area contributed by atoms with Gasteiger partial charge in [0.25, 0.3) is 0 Å². The maximum atomic E-state index is 11.9. The molecule has 0 aliphatic carbocycles. The van der Waals surface area contributed by atoms with E-state index in [0.29, 0.717) is 31.0 Å². The Morgan fingerprint density at radius 2 is 1.44 bits per heavy atom. The molecule has 1 amide bonds. The van der Waals surface area contributed by atoms with Crippen molar-refractivity contribution in [2.45, 2.75) is 98.4 Å². The Morgan fingerprint density at radius 3 is 2.00 bits per heavy atom. The van der Waals surface area contributed by atoms with E-state index in [2.05, 4.69) is 45.3 Å². The summed E-state index contributed by atoms with van der Waals surface area (Å²) in [6.45, 7) is 13.4. The minimum Gasteiger partial charge on any atom is -0.449 e. The standard InChI is InChI=1S/C21H44N2O2/c1-6-11-14-18(9-4)20(22-15-12-7-2)19(10-5)17-25-21(24)23-16-13-8-3/h18-20,22H,6-17H2,1-5H3,(H,23,24). The van der Waals surface area contributed by atoms with Gasteiger partial charge in [0.2, 0.25) is 0 Å². The maximum absolute atomic E-state index is 11.9. The van der Waals surface area contributed by atoms with Gasteiger partial charge in [-0.15, -0.1) is 0 Å². The first-order chi connectivity index (χ1) is 12.1. The summed E-state index contributed by atoms with van der Waals surface area (Å²) in [4.78, 5) is 11.9. The van der Waals surface area contributed by atoms with Gasteiger partial charge in [0, 0.05) is 18.5 Å². The normalized spacial score (nSPS) is 14.8. The number of nitrogens with one attached hydrogen (secondary N) is 2. The number of amides is 1. The lowest BCUT2D eigenvalue weighted by Gasteiger charge is -2.34. The van der Waals surface area contributed by atoms with Crippen LogP contribution in [0.5, 0.6) is 0 Å². The molecule has 0 aliphatic heterocycles. The van der Waals surface area contributed by atoms with Crippen LogP contribution in [0.15, 0.2) is 0 Å². The number of rotatable bonds is 16. The first-order valence-electron chi connectivity index (χ1n) is 10.8. The van der Waals surface area contributed by atoms with E-state index in [1.807, 2.05) is 0 Å². The molecule has 2 N–H and O–H groups in total. The summed E-state index contributed by atoms with van der Waals surface area (Å²) in [7, 11) is 0. The van der Waals surface area contributed by atoms with Crippen LogP contribution in [0.4, 0.5) is 4.79 Å². The Bertz CT molecular complexity index is 310. The number of hydrogen-bond donors (Lipinski definition) is 2. The molecule has 150 valence electrons. The minimum absolute atomic E-state index is 0.263. The fraction of sp³-hybridized carbons (Fsp3) is 0.952. The molecule has 4 nitrogen and oxygen atoms in total. The second kappa shape index (κ2) is 16.7. The van der Waals surface area contributed by atoms with Crippen LogP contribution in [-0.2, 0) is 4.74 Å².